The first-order valence-electron chi connectivity index (χ1n) is 9.53. The number of halogens is 2. The Bertz CT molecular complexity index is 1200. The van der Waals surface area contributed by atoms with Crippen molar-refractivity contribution < 1.29 is 36.7 Å². The van der Waals surface area contributed by atoms with Gasteiger partial charge in [0.05, 0.1) is 7.11 Å². The summed E-state index contributed by atoms with van der Waals surface area (Å²) in [5.74, 6) is -2.85. The van der Waals surface area contributed by atoms with E-state index in [2.05, 4.69) is 0 Å². The van der Waals surface area contributed by atoms with Crippen molar-refractivity contribution in [2.45, 2.75) is 24.6 Å². The number of rotatable bonds is 7. The van der Waals surface area contributed by atoms with Gasteiger partial charge in [0, 0.05) is 47.7 Å². The highest BCUT2D eigenvalue weighted by atomic mass is 32.2. The second-order valence-electron chi connectivity index (χ2n) is 7.72. The summed E-state index contributed by atoms with van der Waals surface area (Å²) in [5, 5.41) is 8.92. The maximum atomic E-state index is 15.2. The molecule has 8 nitrogen and oxygen atoms in total. The van der Waals surface area contributed by atoms with Crippen LogP contribution in [-0.2, 0) is 21.2 Å². The minimum Gasteiger partial charge on any atom is -0.497 e. The van der Waals surface area contributed by atoms with Crippen LogP contribution in [-0.4, -0.2) is 55.0 Å². The molecule has 0 aliphatic carbocycles. The Labute approximate surface area is 183 Å². The van der Waals surface area contributed by atoms with Crippen LogP contribution in [0.4, 0.5) is 8.78 Å². The molecule has 172 valence electrons. The fourth-order valence-corrected chi connectivity index (χ4v) is 4.42. The van der Waals surface area contributed by atoms with Gasteiger partial charge in [-0.3, -0.25) is 14.8 Å². The maximum absolute atomic E-state index is 15.2. The molecule has 2 aromatic rings. The van der Waals surface area contributed by atoms with Crippen molar-refractivity contribution in [3.63, 3.8) is 0 Å². The lowest BCUT2D eigenvalue weighted by atomic mass is 9.99. The Morgan fingerprint density at radius 3 is 2.41 bits per heavy atom. The van der Waals surface area contributed by atoms with Gasteiger partial charge >= 0.3 is 0 Å². The third-order valence-corrected chi connectivity index (χ3v) is 7.86. The largest absolute Gasteiger partial charge is 0.497 e. The number of fused-ring (bicyclic) bond motifs is 1. The van der Waals surface area contributed by atoms with E-state index in [1.165, 1.54) is 41.8 Å². The van der Waals surface area contributed by atoms with Gasteiger partial charge in [0.1, 0.15) is 17.4 Å². The van der Waals surface area contributed by atoms with Gasteiger partial charge in [-0.1, -0.05) is 6.07 Å². The average Bonchev–Trinajstić information content (AvgIpc) is 3.07. The standard InChI is InChI=1S/C21H22F2N2O6S/c1-21(20(27)24-28,32(3,29)30)8-9-25-11-16-15(19(25)26)7-6-14(18(16)23)13-5-4-12(31-2)10-17(13)22/h4-7,10,28H,8-9,11H2,1-3H3,(H,24,27). The molecule has 2 amide bonds. The lowest BCUT2D eigenvalue weighted by Crippen LogP contribution is -2.50. The van der Waals surface area contributed by atoms with Crippen LogP contribution in [0.15, 0.2) is 30.3 Å². The number of ether oxygens (including phenoxy) is 1. The highest BCUT2D eigenvalue weighted by molar-refractivity contribution is 7.92. The van der Waals surface area contributed by atoms with Gasteiger partial charge in [-0.25, -0.2) is 22.7 Å². The van der Waals surface area contributed by atoms with E-state index in [-0.39, 0.29) is 47.5 Å². The molecule has 0 aromatic heterocycles. The third-order valence-electron chi connectivity index (χ3n) is 5.84. The van der Waals surface area contributed by atoms with Crippen LogP contribution in [0, 0.1) is 11.6 Å². The van der Waals surface area contributed by atoms with Gasteiger partial charge in [0.25, 0.3) is 11.8 Å². The molecule has 32 heavy (non-hydrogen) atoms. The summed E-state index contributed by atoms with van der Waals surface area (Å²) in [6, 6.07) is 6.67. The predicted molar refractivity (Wildman–Crippen MR) is 111 cm³/mol. The number of carbonyl (C=O) groups is 2. The zero-order valence-electron chi connectivity index (χ0n) is 17.6. The number of sulfone groups is 1. The molecular weight excluding hydrogens is 446 g/mol. The lowest BCUT2D eigenvalue weighted by molar-refractivity contribution is -0.131. The van der Waals surface area contributed by atoms with E-state index in [4.69, 9.17) is 9.94 Å². The predicted octanol–water partition coefficient (Wildman–Crippen LogP) is 2.29. The van der Waals surface area contributed by atoms with Gasteiger partial charge in [-0.2, -0.15) is 0 Å². The first-order valence-corrected chi connectivity index (χ1v) is 11.4. The molecule has 0 radical (unpaired) electrons. The van der Waals surface area contributed by atoms with Crippen molar-refractivity contribution in [3.8, 4) is 16.9 Å². The molecule has 0 spiro atoms. The van der Waals surface area contributed by atoms with Gasteiger partial charge in [-0.05, 0) is 31.5 Å². The Balaban J connectivity index is 1.89. The topological polar surface area (TPSA) is 113 Å². The van der Waals surface area contributed by atoms with Gasteiger partial charge in [0.15, 0.2) is 14.6 Å². The van der Waals surface area contributed by atoms with Gasteiger partial charge in [-0.15, -0.1) is 0 Å². The van der Waals surface area contributed by atoms with Crippen molar-refractivity contribution >= 4 is 21.7 Å². The number of benzene rings is 2. The molecule has 0 saturated carbocycles. The minimum atomic E-state index is -3.95. The summed E-state index contributed by atoms with van der Waals surface area (Å²) >= 11 is 0. The normalized spacial score (nSPS) is 15.3. The summed E-state index contributed by atoms with van der Waals surface area (Å²) in [4.78, 5) is 25.9. The number of methoxy groups -OCH3 is 1. The monoisotopic (exact) mass is 468 g/mol. The molecule has 1 atom stereocenters. The fraction of sp³-hybridized carbons (Fsp3) is 0.333. The van der Waals surface area contributed by atoms with E-state index in [0.717, 1.165) is 19.2 Å². The first kappa shape index (κ1) is 23.6. The average molecular weight is 468 g/mol. The molecule has 1 aliphatic heterocycles. The molecule has 2 N–H and O–H groups in total. The van der Waals surface area contributed by atoms with Crippen LogP contribution in [0.1, 0.15) is 29.3 Å². The van der Waals surface area contributed by atoms with E-state index in [9.17, 15) is 22.4 Å². The summed E-state index contributed by atoms with van der Waals surface area (Å²) in [7, 11) is -2.57. The van der Waals surface area contributed by atoms with Crippen LogP contribution < -0.4 is 10.2 Å². The van der Waals surface area contributed by atoms with Gasteiger partial charge < -0.3 is 9.64 Å². The molecule has 11 heteroatoms. The van der Waals surface area contributed by atoms with Crippen molar-refractivity contribution in [2.24, 2.45) is 0 Å². The van der Waals surface area contributed by atoms with Crippen molar-refractivity contribution in [2.75, 3.05) is 19.9 Å². The number of hydrogen-bond acceptors (Lipinski definition) is 6. The molecule has 1 heterocycles. The summed E-state index contributed by atoms with van der Waals surface area (Å²) < 4.78 is 56.9. The summed E-state index contributed by atoms with van der Waals surface area (Å²) in [6.07, 6.45) is 0.525. The molecule has 2 aromatic carbocycles. The van der Waals surface area contributed by atoms with E-state index in [0.29, 0.717) is 0 Å². The highest BCUT2D eigenvalue weighted by Gasteiger charge is 2.44. The highest BCUT2D eigenvalue weighted by Crippen LogP contribution is 2.35. The second-order valence-corrected chi connectivity index (χ2v) is 10.2. The van der Waals surface area contributed by atoms with Gasteiger partial charge in [0.2, 0.25) is 0 Å². The maximum Gasteiger partial charge on any atom is 0.264 e. The number of amides is 2. The number of nitrogens with one attached hydrogen (secondary N) is 1. The molecule has 0 bridgehead atoms. The number of carbonyl (C=O) groups excluding carboxylic acids is 2. The van der Waals surface area contributed by atoms with Crippen LogP contribution in [0.3, 0.4) is 0 Å². The van der Waals surface area contributed by atoms with E-state index in [1.807, 2.05) is 0 Å². The first-order chi connectivity index (χ1) is 14.9. The van der Waals surface area contributed by atoms with Crippen LogP contribution in [0.2, 0.25) is 0 Å². The van der Waals surface area contributed by atoms with Crippen LogP contribution in [0.25, 0.3) is 11.1 Å². The van der Waals surface area contributed by atoms with Crippen molar-refractivity contribution in [3.05, 3.63) is 53.1 Å². The quantitative estimate of drug-likeness (QED) is 0.476. The zero-order chi connectivity index (χ0) is 23.8. The number of hydroxylamine groups is 1. The smallest absolute Gasteiger partial charge is 0.264 e. The van der Waals surface area contributed by atoms with E-state index >= 15 is 4.39 Å². The van der Waals surface area contributed by atoms with Crippen molar-refractivity contribution in [1.29, 1.82) is 0 Å². The summed E-state index contributed by atoms with van der Waals surface area (Å²) in [6.45, 7) is 0.773. The number of nitrogens with zero attached hydrogens (tertiary/aromatic N) is 1. The zero-order valence-corrected chi connectivity index (χ0v) is 18.4. The van der Waals surface area contributed by atoms with E-state index < -0.39 is 38.0 Å². The van der Waals surface area contributed by atoms with Crippen molar-refractivity contribution in [1.82, 2.24) is 10.4 Å². The minimum absolute atomic E-state index is 0.00117. The molecule has 1 aliphatic rings. The molecule has 0 saturated heterocycles. The molecule has 3 rings (SSSR count). The molecule has 0 fully saturated rings. The Kier molecular flexibility index (Phi) is 6.25. The fourth-order valence-electron chi connectivity index (χ4n) is 3.57. The third kappa shape index (κ3) is 3.93. The Morgan fingerprint density at radius 2 is 1.84 bits per heavy atom. The lowest BCUT2D eigenvalue weighted by Gasteiger charge is -2.27. The van der Waals surface area contributed by atoms with Crippen LogP contribution >= 0.6 is 0 Å². The Hall–Kier alpha value is -3.05. The van der Waals surface area contributed by atoms with E-state index in [1.54, 1.807) is 0 Å². The summed E-state index contributed by atoms with van der Waals surface area (Å²) in [5.41, 5.74) is 1.44. The SMILES string of the molecule is COc1ccc(-c2ccc3c(c2F)CN(CCC(C)(C(=O)NO)S(C)(=O)=O)C3=O)c(F)c1. The Morgan fingerprint density at radius 1 is 1.22 bits per heavy atom. The second kappa shape index (κ2) is 8.47. The number of hydrogen-bond donors (Lipinski definition) is 2. The molecule has 1 unspecified atom stereocenters. The van der Waals surface area contributed by atoms with Crippen LogP contribution in [0.5, 0.6) is 5.75 Å². The molecular formula is C21H22F2N2O6S.